The second-order valence-corrected chi connectivity index (χ2v) is 13.9. The van der Waals surface area contributed by atoms with Gasteiger partial charge in [-0.3, -0.25) is 24.2 Å². The zero-order chi connectivity index (χ0) is 38.7. The number of hydrogen-bond acceptors (Lipinski definition) is 10. The summed E-state index contributed by atoms with van der Waals surface area (Å²) in [6.45, 7) is 17.6. The number of rotatable bonds is 21. The Morgan fingerprint density at radius 1 is 0.882 bits per heavy atom. The lowest BCUT2D eigenvalue weighted by molar-refractivity contribution is -0.146. The molecular formula is C37H61N7O7. The third-order valence-electron chi connectivity index (χ3n) is 8.34. The molecular weight excluding hydrogens is 654 g/mol. The fourth-order valence-corrected chi connectivity index (χ4v) is 5.07. The van der Waals surface area contributed by atoms with Crippen LogP contribution in [0.3, 0.4) is 0 Å². The molecule has 0 aliphatic heterocycles. The van der Waals surface area contributed by atoms with Crippen LogP contribution in [0, 0.1) is 5.92 Å². The van der Waals surface area contributed by atoms with E-state index in [9.17, 15) is 29.1 Å². The summed E-state index contributed by atoms with van der Waals surface area (Å²) in [5.41, 5.74) is 7.48. The summed E-state index contributed by atoms with van der Waals surface area (Å²) < 4.78 is 4.66. The fourth-order valence-electron chi connectivity index (χ4n) is 5.07. The number of carbonyl (C=O) groups excluding carboxylic acids is 5. The van der Waals surface area contributed by atoms with Crippen molar-refractivity contribution in [2.45, 2.75) is 111 Å². The van der Waals surface area contributed by atoms with Gasteiger partial charge >= 0.3 is 5.97 Å². The number of aliphatic imine (C=N–C) groups is 1. The summed E-state index contributed by atoms with van der Waals surface area (Å²) in [5.74, 6) is -3.38. The van der Waals surface area contributed by atoms with Crippen LogP contribution in [-0.2, 0) is 34.1 Å². The van der Waals surface area contributed by atoms with Gasteiger partial charge in [0.05, 0.1) is 25.0 Å². The minimum absolute atomic E-state index is 0.0207. The standard InChI is InChI=1S/C37H61N7O7/c1-10-44(11-2)19-13-12-14-29(34(48)43-31(23-45)36(50)51-9)41-35(49)30(20-24(3)4)42-32(46)25(5)40-33(47)26(21-38)22-39-28-17-15-27(16-18-28)37(6,7)8/h15-18,21-22,24-25,29-31,45H,10-14,19-20,23,38H2,1-9H3,(H,40,47)(H,41,49)(H,42,46)(H,43,48)/b26-21+,39-22?/t25-,29-,30-,31-/m0/s1. The molecule has 14 nitrogen and oxygen atoms in total. The number of esters is 1. The molecule has 14 heteroatoms. The quantitative estimate of drug-likeness (QED) is 0.0477. The molecule has 0 radical (unpaired) electrons. The molecule has 0 bridgehead atoms. The first-order chi connectivity index (χ1) is 24.0. The van der Waals surface area contributed by atoms with Crippen molar-refractivity contribution in [2.24, 2.45) is 16.6 Å². The van der Waals surface area contributed by atoms with Gasteiger partial charge < -0.3 is 41.7 Å². The van der Waals surface area contributed by atoms with E-state index < -0.39 is 60.4 Å². The van der Waals surface area contributed by atoms with Gasteiger partial charge in [0.25, 0.3) is 5.91 Å². The highest BCUT2D eigenvalue weighted by Gasteiger charge is 2.31. The Morgan fingerprint density at radius 3 is 1.96 bits per heavy atom. The number of carbonyl (C=O) groups is 5. The summed E-state index contributed by atoms with van der Waals surface area (Å²) in [5, 5.41) is 20.1. The third kappa shape index (κ3) is 16.1. The van der Waals surface area contributed by atoms with Crippen molar-refractivity contribution in [3.05, 3.63) is 41.6 Å². The van der Waals surface area contributed by atoms with E-state index in [2.05, 4.69) is 70.5 Å². The van der Waals surface area contributed by atoms with Crippen LogP contribution in [0.5, 0.6) is 0 Å². The van der Waals surface area contributed by atoms with Crippen LogP contribution in [0.2, 0.25) is 0 Å². The van der Waals surface area contributed by atoms with Crippen LogP contribution in [0.1, 0.15) is 86.6 Å². The van der Waals surface area contributed by atoms with Gasteiger partial charge in [-0.15, -0.1) is 0 Å². The van der Waals surface area contributed by atoms with Gasteiger partial charge in [-0.1, -0.05) is 60.6 Å². The number of ether oxygens (including phenoxy) is 1. The van der Waals surface area contributed by atoms with Crippen LogP contribution in [-0.4, -0.2) is 103 Å². The molecule has 7 N–H and O–H groups in total. The molecule has 0 saturated carbocycles. The van der Waals surface area contributed by atoms with E-state index in [1.54, 1.807) is 0 Å². The highest BCUT2D eigenvalue weighted by molar-refractivity contribution is 6.13. The zero-order valence-corrected chi connectivity index (χ0v) is 31.9. The monoisotopic (exact) mass is 715 g/mol. The minimum Gasteiger partial charge on any atom is -0.467 e. The number of hydrogen-bond donors (Lipinski definition) is 6. The predicted octanol–water partition coefficient (Wildman–Crippen LogP) is 2.21. The van der Waals surface area contributed by atoms with Gasteiger partial charge in [0.15, 0.2) is 6.04 Å². The van der Waals surface area contributed by atoms with Gasteiger partial charge in [0, 0.05) is 12.4 Å². The highest BCUT2D eigenvalue weighted by Crippen LogP contribution is 2.24. The second-order valence-electron chi connectivity index (χ2n) is 13.9. The Labute approximate surface area is 303 Å². The number of aliphatic hydroxyl groups is 1. The minimum atomic E-state index is -1.31. The van der Waals surface area contributed by atoms with Crippen molar-refractivity contribution in [3.8, 4) is 0 Å². The molecule has 0 fully saturated rings. The Kier molecular flexibility index (Phi) is 19.7. The van der Waals surface area contributed by atoms with E-state index >= 15 is 0 Å². The zero-order valence-electron chi connectivity index (χ0n) is 31.9. The van der Waals surface area contributed by atoms with E-state index in [4.69, 9.17) is 5.73 Å². The number of nitrogens with zero attached hydrogens (tertiary/aromatic N) is 2. The van der Waals surface area contributed by atoms with Crippen LogP contribution >= 0.6 is 0 Å². The fraction of sp³-hybridized carbons (Fsp3) is 0.622. The number of nitrogens with one attached hydrogen (secondary N) is 4. The molecule has 0 saturated heterocycles. The SMILES string of the molecule is CCN(CC)CCCC[C@H](NC(=O)[C@H](CC(C)C)NC(=O)[C@H](C)NC(=O)/C(C=Nc1ccc(C(C)(C)C)cc1)=C/N)C(=O)N[C@@H](CO)C(=O)OC. The lowest BCUT2D eigenvalue weighted by atomic mass is 9.87. The molecule has 0 aromatic heterocycles. The molecule has 1 rings (SSSR count). The lowest BCUT2D eigenvalue weighted by Gasteiger charge is -2.26. The Balaban J connectivity index is 3.04. The number of amides is 4. The van der Waals surface area contributed by atoms with Gasteiger partial charge in [-0.2, -0.15) is 0 Å². The molecule has 286 valence electrons. The van der Waals surface area contributed by atoms with Crippen LogP contribution in [0.25, 0.3) is 0 Å². The first-order valence-electron chi connectivity index (χ1n) is 17.7. The van der Waals surface area contributed by atoms with E-state index in [1.807, 2.05) is 38.1 Å². The molecule has 0 aliphatic rings. The average molecular weight is 716 g/mol. The average Bonchev–Trinajstić information content (AvgIpc) is 3.08. The summed E-state index contributed by atoms with van der Waals surface area (Å²) in [6, 6.07) is 3.14. The summed E-state index contributed by atoms with van der Waals surface area (Å²) >= 11 is 0. The van der Waals surface area contributed by atoms with Crippen molar-refractivity contribution in [1.82, 2.24) is 26.2 Å². The molecule has 1 aromatic rings. The Morgan fingerprint density at radius 2 is 1.45 bits per heavy atom. The first-order valence-corrected chi connectivity index (χ1v) is 17.7. The van der Waals surface area contributed by atoms with Crippen LogP contribution in [0.4, 0.5) is 5.69 Å². The topological polar surface area (TPSA) is 205 Å². The number of benzene rings is 1. The summed E-state index contributed by atoms with van der Waals surface area (Å²) in [6.07, 6.45) is 4.25. The van der Waals surface area contributed by atoms with Crippen molar-refractivity contribution in [1.29, 1.82) is 0 Å². The van der Waals surface area contributed by atoms with Crippen molar-refractivity contribution >= 4 is 41.5 Å². The van der Waals surface area contributed by atoms with Crippen LogP contribution < -0.4 is 27.0 Å². The molecule has 0 heterocycles. The predicted molar refractivity (Wildman–Crippen MR) is 199 cm³/mol. The maximum atomic E-state index is 13.6. The molecule has 0 aliphatic carbocycles. The molecule has 0 unspecified atom stereocenters. The molecule has 0 spiro atoms. The van der Waals surface area contributed by atoms with Crippen molar-refractivity contribution in [2.75, 3.05) is 33.4 Å². The highest BCUT2D eigenvalue weighted by atomic mass is 16.5. The third-order valence-corrected chi connectivity index (χ3v) is 8.34. The summed E-state index contributed by atoms with van der Waals surface area (Å²) in [7, 11) is 1.14. The molecule has 4 amide bonds. The van der Waals surface area contributed by atoms with Gasteiger partial charge in [-0.25, -0.2) is 4.79 Å². The van der Waals surface area contributed by atoms with Crippen LogP contribution in [0.15, 0.2) is 41.0 Å². The smallest absolute Gasteiger partial charge is 0.330 e. The largest absolute Gasteiger partial charge is 0.467 e. The van der Waals surface area contributed by atoms with Crippen molar-refractivity contribution < 1.29 is 33.8 Å². The van der Waals surface area contributed by atoms with Gasteiger partial charge in [0.2, 0.25) is 17.7 Å². The Hall–Kier alpha value is -4.30. The molecule has 51 heavy (non-hydrogen) atoms. The summed E-state index contributed by atoms with van der Waals surface area (Å²) in [4.78, 5) is 71.8. The van der Waals surface area contributed by atoms with E-state index in [1.165, 1.54) is 13.1 Å². The lowest BCUT2D eigenvalue weighted by Crippen LogP contribution is -2.58. The maximum absolute atomic E-state index is 13.6. The number of nitrogens with two attached hydrogens (primary N) is 1. The van der Waals surface area contributed by atoms with E-state index in [0.717, 1.165) is 44.9 Å². The first kappa shape index (κ1) is 44.7. The Bertz CT molecular complexity index is 1340. The van der Waals surface area contributed by atoms with E-state index in [-0.39, 0.29) is 29.7 Å². The van der Waals surface area contributed by atoms with Crippen molar-refractivity contribution in [3.63, 3.8) is 0 Å². The number of methoxy groups -OCH3 is 1. The van der Waals surface area contributed by atoms with E-state index in [0.29, 0.717) is 12.1 Å². The number of aliphatic hydroxyl groups excluding tert-OH is 1. The van der Waals surface area contributed by atoms with Gasteiger partial charge in [0.1, 0.15) is 18.1 Å². The molecule has 1 aromatic carbocycles. The molecule has 4 atom stereocenters. The van der Waals surface area contributed by atoms with Gasteiger partial charge in [-0.05, 0) is 81.3 Å². The second kappa shape index (κ2) is 22.5. The maximum Gasteiger partial charge on any atom is 0.330 e. The number of unbranched alkanes of at least 4 members (excludes halogenated alkanes) is 1. The normalized spacial score (nSPS) is 14.5.